The summed E-state index contributed by atoms with van der Waals surface area (Å²) in [6.07, 6.45) is 3.74. The fourth-order valence-corrected chi connectivity index (χ4v) is 1.77. The first-order valence-corrected chi connectivity index (χ1v) is 5.00. The SMILES string of the molecule is C=CC(C=C)(CBr)CO[SiH3]. The van der Waals surface area contributed by atoms with Gasteiger partial charge in [0.1, 0.15) is 10.5 Å². The molecule has 0 aromatic rings. The van der Waals surface area contributed by atoms with Gasteiger partial charge in [0.05, 0.1) is 0 Å². The highest BCUT2D eigenvalue weighted by Crippen LogP contribution is 2.22. The van der Waals surface area contributed by atoms with Gasteiger partial charge < -0.3 is 4.43 Å². The maximum Gasteiger partial charge on any atom is 0.146 e. The molecule has 0 aliphatic carbocycles. The number of halogens is 1. The summed E-state index contributed by atoms with van der Waals surface area (Å²) < 4.78 is 5.15. The minimum absolute atomic E-state index is 0.0677. The third kappa shape index (κ3) is 2.40. The zero-order chi connectivity index (χ0) is 8.04. The van der Waals surface area contributed by atoms with E-state index in [9.17, 15) is 0 Å². The largest absolute Gasteiger partial charge is 0.427 e. The van der Waals surface area contributed by atoms with Crippen molar-refractivity contribution in [3.05, 3.63) is 25.3 Å². The van der Waals surface area contributed by atoms with Crippen LogP contribution in [0, 0.1) is 5.41 Å². The van der Waals surface area contributed by atoms with Crippen LogP contribution in [0.15, 0.2) is 25.3 Å². The number of hydrogen-bond donors (Lipinski definition) is 0. The summed E-state index contributed by atoms with van der Waals surface area (Å²) in [4.78, 5) is 0. The van der Waals surface area contributed by atoms with Crippen LogP contribution in [0.3, 0.4) is 0 Å². The number of alkyl halides is 1. The standard InChI is InChI=1S/C7H13BrOSi/c1-3-7(4-2,5-8)6-9-10/h3-4H,1-2,5-6H2,10H3. The van der Waals surface area contributed by atoms with Gasteiger partial charge in [-0.15, -0.1) is 13.2 Å². The Kier molecular flexibility index (Phi) is 4.94. The fourth-order valence-electron chi connectivity index (χ4n) is 0.618. The van der Waals surface area contributed by atoms with Gasteiger partial charge in [0, 0.05) is 17.4 Å². The zero-order valence-electron chi connectivity index (χ0n) is 6.27. The van der Waals surface area contributed by atoms with Crippen molar-refractivity contribution in [3.8, 4) is 0 Å². The van der Waals surface area contributed by atoms with Crippen molar-refractivity contribution in [2.45, 2.75) is 0 Å². The van der Waals surface area contributed by atoms with E-state index in [0.29, 0.717) is 6.61 Å². The van der Waals surface area contributed by atoms with Crippen molar-refractivity contribution in [1.82, 2.24) is 0 Å². The van der Waals surface area contributed by atoms with E-state index in [4.69, 9.17) is 4.43 Å². The van der Waals surface area contributed by atoms with Crippen LogP contribution in [0.5, 0.6) is 0 Å². The molecule has 0 spiro atoms. The molecule has 0 amide bonds. The van der Waals surface area contributed by atoms with Gasteiger partial charge in [-0.2, -0.15) is 0 Å². The Morgan fingerprint density at radius 3 is 2.10 bits per heavy atom. The summed E-state index contributed by atoms with van der Waals surface area (Å²) in [5, 5.41) is 0.829. The molecular formula is C7H13BrOSi. The molecule has 0 aliphatic heterocycles. The second kappa shape index (κ2) is 4.88. The number of hydrogen-bond acceptors (Lipinski definition) is 1. The van der Waals surface area contributed by atoms with Gasteiger partial charge in [0.25, 0.3) is 0 Å². The Bertz CT molecular complexity index is 117. The molecule has 0 heterocycles. The van der Waals surface area contributed by atoms with Crippen molar-refractivity contribution in [2.24, 2.45) is 5.41 Å². The van der Waals surface area contributed by atoms with Gasteiger partial charge in [-0.3, -0.25) is 0 Å². The van der Waals surface area contributed by atoms with Crippen molar-refractivity contribution in [3.63, 3.8) is 0 Å². The van der Waals surface area contributed by atoms with Crippen LogP contribution >= 0.6 is 15.9 Å². The summed E-state index contributed by atoms with van der Waals surface area (Å²) in [7, 11) is 0.767. The van der Waals surface area contributed by atoms with E-state index in [1.165, 1.54) is 0 Å². The fraction of sp³-hybridized carbons (Fsp3) is 0.429. The van der Waals surface area contributed by atoms with Crippen LogP contribution in [0.2, 0.25) is 0 Å². The first-order chi connectivity index (χ1) is 4.74. The second-order valence-electron chi connectivity index (χ2n) is 2.21. The van der Waals surface area contributed by atoms with E-state index in [1.807, 2.05) is 12.2 Å². The lowest BCUT2D eigenvalue weighted by atomic mass is 9.93. The molecule has 0 fully saturated rings. The summed E-state index contributed by atoms with van der Waals surface area (Å²) in [5.41, 5.74) is -0.0677. The normalized spacial score (nSPS) is 11.3. The first kappa shape index (κ1) is 10.1. The first-order valence-electron chi connectivity index (χ1n) is 3.07. The van der Waals surface area contributed by atoms with Crippen molar-refractivity contribution in [2.75, 3.05) is 11.9 Å². The molecule has 0 aromatic heterocycles. The summed E-state index contributed by atoms with van der Waals surface area (Å²) in [6.45, 7) is 8.15. The lowest BCUT2D eigenvalue weighted by Crippen LogP contribution is -2.22. The lowest BCUT2D eigenvalue weighted by Gasteiger charge is -2.22. The van der Waals surface area contributed by atoms with Crippen molar-refractivity contribution < 1.29 is 4.43 Å². The molecule has 0 saturated heterocycles. The predicted octanol–water partition coefficient (Wildman–Crippen LogP) is 1.04. The molecule has 3 heteroatoms. The molecule has 0 bridgehead atoms. The van der Waals surface area contributed by atoms with Gasteiger partial charge in [0.2, 0.25) is 0 Å². The van der Waals surface area contributed by atoms with Crippen molar-refractivity contribution >= 4 is 26.4 Å². The molecule has 0 saturated carbocycles. The summed E-state index contributed by atoms with van der Waals surface area (Å²) >= 11 is 3.39. The van der Waals surface area contributed by atoms with Crippen LogP contribution < -0.4 is 0 Å². The van der Waals surface area contributed by atoms with Crippen LogP contribution in [-0.4, -0.2) is 22.4 Å². The Hall–Kier alpha value is 0.137. The molecule has 58 valence electrons. The third-order valence-electron chi connectivity index (χ3n) is 1.47. The van der Waals surface area contributed by atoms with Crippen LogP contribution in [0.25, 0.3) is 0 Å². The highest BCUT2D eigenvalue weighted by atomic mass is 79.9. The quantitative estimate of drug-likeness (QED) is 0.383. The van der Waals surface area contributed by atoms with E-state index in [-0.39, 0.29) is 5.41 Å². The summed E-state index contributed by atoms with van der Waals surface area (Å²) in [5.74, 6) is 0. The second-order valence-corrected chi connectivity index (χ2v) is 3.35. The molecule has 0 rings (SSSR count). The Balaban J connectivity index is 4.14. The molecule has 0 atom stereocenters. The van der Waals surface area contributed by atoms with E-state index in [1.54, 1.807) is 0 Å². The van der Waals surface area contributed by atoms with E-state index in [0.717, 1.165) is 15.8 Å². The maximum atomic E-state index is 5.15. The molecule has 0 radical (unpaired) electrons. The van der Waals surface area contributed by atoms with Crippen LogP contribution in [0.4, 0.5) is 0 Å². The van der Waals surface area contributed by atoms with Gasteiger partial charge in [-0.05, 0) is 0 Å². The third-order valence-corrected chi connectivity index (χ3v) is 2.81. The smallest absolute Gasteiger partial charge is 0.146 e. The van der Waals surface area contributed by atoms with Gasteiger partial charge in [-0.1, -0.05) is 28.1 Å². The Morgan fingerprint density at radius 1 is 1.50 bits per heavy atom. The topological polar surface area (TPSA) is 9.23 Å². The minimum Gasteiger partial charge on any atom is -0.427 e. The summed E-state index contributed by atoms with van der Waals surface area (Å²) in [6, 6.07) is 0. The van der Waals surface area contributed by atoms with Gasteiger partial charge >= 0.3 is 0 Å². The lowest BCUT2D eigenvalue weighted by molar-refractivity contribution is 0.268. The molecule has 0 aliphatic rings. The molecule has 10 heavy (non-hydrogen) atoms. The van der Waals surface area contributed by atoms with Crippen molar-refractivity contribution in [1.29, 1.82) is 0 Å². The molecule has 0 N–H and O–H groups in total. The Morgan fingerprint density at radius 2 is 2.00 bits per heavy atom. The van der Waals surface area contributed by atoms with Gasteiger partial charge in [-0.25, -0.2) is 0 Å². The number of rotatable bonds is 5. The minimum atomic E-state index is -0.0677. The van der Waals surface area contributed by atoms with E-state index < -0.39 is 0 Å². The van der Waals surface area contributed by atoms with E-state index >= 15 is 0 Å². The average molecular weight is 221 g/mol. The van der Waals surface area contributed by atoms with Gasteiger partial charge in [0.15, 0.2) is 0 Å². The highest BCUT2D eigenvalue weighted by molar-refractivity contribution is 9.09. The predicted molar refractivity (Wildman–Crippen MR) is 52.5 cm³/mol. The molecule has 0 unspecified atom stereocenters. The average Bonchev–Trinajstić information content (AvgIpc) is 2.01. The van der Waals surface area contributed by atoms with E-state index in [2.05, 4.69) is 29.1 Å². The highest BCUT2D eigenvalue weighted by Gasteiger charge is 2.19. The maximum absolute atomic E-state index is 5.15. The molecular weight excluding hydrogens is 208 g/mol. The zero-order valence-corrected chi connectivity index (χ0v) is 9.86. The van der Waals surface area contributed by atoms with Crippen LogP contribution in [0.1, 0.15) is 0 Å². The molecule has 0 aromatic carbocycles. The van der Waals surface area contributed by atoms with Crippen LogP contribution in [-0.2, 0) is 4.43 Å². The monoisotopic (exact) mass is 220 g/mol. The Labute approximate surface area is 73.8 Å². The molecule has 1 nitrogen and oxygen atoms in total.